The van der Waals surface area contributed by atoms with Gasteiger partial charge in [-0.1, -0.05) is 42.5 Å². The number of carbonyl (C=O) groups is 1. The van der Waals surface area contributed by atoms with E-state index in [9.17, 15) is 14.9 Å². The molecule has 32 heavy (non-hydrogen) atoms. The van der Waals surface area contributed by atoms with E-state index in [1.807, 2.05) is 54.6 Å². The van der Waals surface area contributed by atoms with Crippen LogP contribution in [-0.4, -0.2) is 40.3 Å². The molecule has 0 fully saturated rings. The molecule has 0 bridgehead atoms. The minimum atomic E-state index is -0.651. The Morgan fingerprint density at radius 2 is 1.88 bits per heavy atom. The molecular weight excluding hydrogens is 412 g/mol. The quantitative estimate of drug-likeness (QED) is 0.416. The lowest BCUT2D eigenvalue weighted by Gasteiger charge is -2.22. The first-order valence-electron chi connectivity index (χ1n) is 9.88. The monoisotopic (exact) mass is 432 g/mol. The van der Waals surface area contributed by atoms with Gasteiger partial charge in [-0.25, -0.2) is 5.01 Å². The number of carbonyl (C=O) groups excluding carboxylic acids is 1. The highest BCUT2D eigenvalue weighted by molar-refractivity contribution is 6.03. The molecule has 1 aliphatic rings. The standard InChI is InChI=1S/C23H20N4O5/c1-31-18-11-9-17(10-12-18)20-14-19(16-6-3-2-4-7-16)25-26(20)22(28)15-32-21-8-5-13-24-23(21)27(29)30/h2-13,20H,14-15H2,1H3. The van der Waals surface area contributed by atoms with Crippen LogP contribution in [-0.2, 0) is 4.79 Å². The van der Waals surface area contributed by atoms with E-state index >= 15 is 0 Å². The van der Waals surface area contributed by atoms with E-state index in [1.54, 1.807) is 7.11 Å². The normalized spacial score (nSPS) is 15.2. The van der Waals surface area contributed by atoms with E-state index in [2.05, 4.69) is 10.1 Å². The Bertz CT molecular complexity index is 1150. The molecule has 3 aromatic rings. The predicted octanol–water partition coefficient (Wildman–Crippen LogP) is 3.76. The maximum atomic E-state index is 13.1. The maximum Gasteiger partial charge on any atom is 0.406 e. The number of hydrogen-bond donors (Lipinski definition) is 0. The molecule has 0 N–H and O–H groups in total. The van der Waals surface area contributed by atoms with E-state index in [4.69, 9.17) is 9.47 Å². The van der Waals surface area contributed by atoms with Crippen molar-refractivity contribution in [2.75, 3.05) is 13.7 Å². The molecular formula is C23H20N4O5. The molecule has 4 rings (SSSR count). The number of ether oxygens (including phenoxy) is 2. The van der Waals surface area contributed by atoms with Crippen LogP contribution < -0.4 is 9.47 Å². The topological polar surface area (TPSA) is 107 Å². The van der Waals surface area contributed by atoms with Crippen LogP contribution >= 0.6 is 0 Å². The van der Waals surface area contributed by atoms with Gasteiger partial charge in [0.1, 0.15) is 11.9 Å². The Hall–Kier alpha value is -4.27. The molecule has 162 valence electrons. The second-order valence-electron chi connectivity index (χ2n) is 7.02. The lowest BCUT2D eigenvalue weighted by molar-refractivity contribution is -0.390. The van der Waals surface area contributed by atoms with Crippen molar-refractivity contribution in [3.8, 4) is 11.5 Å². The summed E-state index contributed by atoms with van der Waals surface area (Å²) in [5.74, 6) is -0.226. The maximum absolute atomic E-state index is 13.1. The van der Waals surface area contributed by atoms with E-state index in [1.165, 1.54) is 23.3 Å². The van der Waals surface area contributed by atoms with Gasteiger partial charge in [-0.05, 0) is 45.3 Å². The van der Waals surface area contributed by atoms with Gasteiger partial charge in [-0.3, -0.25) is 4.79 Å². The summed E-state index contributed by atoms with van der Waals surface area (Å²) < 4.78 is 10.7. The van der Waals surface area contributed by atoms with Gasteiger partial charge < -0.3 is 19.6 Å². The molecule has 1 aromatic heterocycles. The van der Waals surface area contributed by atoms with Crippen molar-refractivity contribution >= 4 is 17.4 Å². The number of benzene rings is 2. The highest BCUT2D eigenvalue weighted by atomic mass is 16.6. The van der Waals surface area contributed by atoms with Gasteiger partial charge in [0.05, 0.1) is 18.9 Å². The third kappa shape index (κ3) is 4.41. The first-order chi connectivity index (χ1) is 15.6. The van der Waals surface area contributed by atoms with Gasteiger partial charge in [-0.15, -0.1) is 0 Å². The number of hydrazone groups is 1. The molecule has 1 amide bonds. The van der Waals surface area contributed by atoms with Crippen LogP contribution in [0.5, 0.6) is 11.5 Å². The Morgan fingerprint density at radius 1 is 1.12 bits per heavy atom. The summed E-state index contributed by atoms with van der Waals surface area (Å²) >= 11 is 0. The first kappa shape index (κ1) is 21.0. The first-order valence-corrected chi connectivity index (χ1v) is 9.88. The van der Waals surface area contributed by atoms with Crippen molar-refractivity contribution in [3.05, 3.63) is 94.2 Å². The van der Waals surface area contributed by atoms with Gasteiger partial charge >= 0.3 is 5.82 Å². The third-order valence-corrected chi connectivity index (χ3v) is 5.05. The van der Waals surface area contributed by atoms with E-state index in [-0.39, 0.29) is 11.8 Å². The second-order valence-corrected chi connectivity index (χ2v) is 7.02. The van der Waals surface area contributed by atoms with Crippen LogP contribution in [0.2, 0.25) is 0 Å². The van der Waals surface area contributed by atoms with Gasteiger partial charge in [0.25, 0.3) is 5.91 Å². The molecule has 0 radical (unpaired) electrons. The number of hydrogen-bond acceptors (Lipinski definition) is 7. The number of pyridine rings is 1. The smallest absolute Gasteiger partial charge is 0.406 e. The zero-order valence-electron chi connectivity index (χ0n) is 17.2. The van der Waals surface area contributed by atoms with Crippen LogP contribution in [0, 0.1) is 10.1 Å². The van der Waals surface area contributed by atoms with Crippen molar-refractivity contribution in [2.45, 2.75) is 12.5 Å². The van der Waals surface area contributed by atoms with Gasteiger partial charge in [0, 0.05) is 6.42 Å². The van der Waals surface area contributed by atoms with Crippen molar-refractivity contribution < 1.29 is 19.2 Å². The number of rotatable bonds is 7. The molecule has 9 nitrogen and oxygen atoms in total. The predicted molar refractivity (Wildman–Crippen MR) is 117 cm³/mol. The van der Waals surface area contributed by atoms with Crippen LogP contribution in [0.15, 0.2) is 78.0 Å². The Morgan fingerprint density at radius 3 is 2.56 bits per heavy atom. The van der Waals surface area contributed by atoms with Gasteiger partial charge in [0.15, 0.2) is 6.61 Å². The summed E-state index contributed by atoms with van der Waals surface area (Å²) in [7, 11) is 1.59. The van der Waals surface area contributed by atoms with E-state index < -0.39 is 23.3 Å². The van der Waals surface area contributed by atoms with E-state index in [0.29, 0.717) is 12.2 Å². The Kier molecular flexibility index (Phi) is 6.07. The molecule has 0 aliphatic carbocycles. The van der Waals surface area contributed by atoms with Crippen LogP contribution in [0.25, 0.3) is 0 Å². The molecule has 1 aliphatic heterocycles. The summed E-state index contributed by atoms with van der Waals surface area (Å²) in [5, 5.41) is 17.1. The number of nitro groups is 1. The number of amides is 1. The van der Waals surface area contributed by atoms with Crippen molar-refractivity contribution in [2.24, 2.45) is 5.10 Å². The fourth-order valence-corrected chi connectivity index (χ4v) is 3.47. The van der Waals surface area contributed by atoms with Crippen molar-refractivity contribution in [1.82, 2.24) is 9.99 Å². The summed E-state index contributed by atoms with van der Waals surface area (Å²) in [6.45, 7) is -0.412. The summed E-state index contributed by atoms with van der Waals surface area (Å²) in [6.07, 6.45) is 1.82. The fourth-order valence-electron chi connectivity index (χ4n) is 3.47. The minimum Gasteiger partial charge on any atom is -0.497 e. The van der Waals surface area contributed by atoms with Crippen LogP contribution in [0.4, 0.5) is 5.82 Å². The zero-order chi connectivity index (χ0) is 22.5. The lowest BCUT2D eigenvalue weighted by atomic mass is 9.98. The molecule has 2 heterocycles. The number of methoxy groups -OCH3 is 1. The SMILES string of the molecule is COc1ccc(C2CC(c3ccccc3)=NN2C(=O)COc2cccnc2[N+](=O)[O-])cc1. The summed E-state index contributed by atoms with van der Waals surface area (Å²) in [5.41, 5.74) is 2.58. The Balaban J connectivity index is 1.58. The molecule has 0 saturated carbocycles. The molecule has 2 aromatic carbocycles. The highest BCUT2D eigenvalue weighted by Gasteiger charge is 2.33. The minimum absolute atomic E-state index is 0.0710. The molecule has 9 heteroatoms. The third-order valence-electron chi connectivity index (χ3n) is 5.05. The van der Waals surface area contributed by atoms with E-state index in [0.717, 1.165) is 16.8 Å². The molecule has 0 saturated heterocycles. The zero-order valence-corrected chi connectivity index (χ0v) is 17.2. The van der Waals surface area contributed by atoms with Gasteiger partial charge in [0.2, 0.25) is 5.75 Å². The molecule has 0 spiro atoms. The average molecular weight is 432 g/mol. The average Bonchev–Trinajstić information content (AvgIpc) is 3.29. The Labute approximate surface area is 184 Å². The lowest BCUT2D eigenvalue weighted by Crippen LogP contribution is -2.31. The number of aromatic nitrogens is 1. The summed E-state index contributed by atoms with van der Waals surface area (Å²) in [4.78, 5) is 27.3. The highest BCUT2D eigenvalue weighted by Crippen LogP contribution is 2.34. The van der Waals surface area contributed by atoms with Crippen LogP contribution in [0.3, 0.4) is 0 Å². The van der Waals surface area contributed by atoms with Crippen LogP contribution in [0.1, 0.15) is 23.6 Å². The van der Waals surface area contributed by atoms with Gasteiger partial charge in [-0.2, -0.15) is 5.10 Å². The fraction of sp³-hybridized carbons (Fsp3) is 0.174. The van der Waals surface area contributed by atoms with Crippen molar-refractivity contribution in [3.63, 3.8) is 0 Å². The molecule has 1 atom stereocenters. The van der Waals surface area contributed by atoms with Crippen molar-refractivity contribution in [1.29, 1.82) is 0 Å². The number of nitrogens with zero attached hydrogens (tertiary/aromatic N) is 4. The largest absolute Gasteiger partial charge is 0.497 e. The molecule has 1 unspecified atom stereocenters. The second kappa shape index (κ2) is 9.25. The summed E-state index contributed by atoms with van der Waals surface area (Å²) in [6, 6.07) is 19.6.